The van der Waals surface area contributed by atoms with E-state index in [1.807, 2.05) is 50.2 Å². The Bertz CT molecular complexity index is 992. The zero-order valence-corrected chi connectivity index (χ0v) is 18.3. The Morgan fingerprint density at radius 3 is 2.74 bits per heavy atom. The van der Waals surface area contributed by atoms with Crippen LogP contribution >= 0.6 is 0 Å². The van der Waals surface area contributed by atoms with Gasteiger partial charge >= 0.3 is 0 Å². The van der Waals surface area contributed by atoms with Crippen LogP contribution in [0, 0.1) is 6.92 Å². The molecule has 0 aliphatic rings. The first kappa shape index (κ1) is 22.1. The number of H-pyrrole nitrogens is 1. The minimum atomic E-state index is -0.192. The van der Waals surface area contributed by atoms with Gasteiger partial charge in [-0.05, 0) is 31.9 Å². The minimum Gasteiger partial charge on any atom is -0.459 e. The molecule has 31 heavy (non-hydrogen) atoms. The van der Waals surface area contributed by atoms with Gasteiger partial charge in [-0.3, -0.25) is 9.79 Å². The van der Waals surface area contributed by atoms with Crippen molar-refractivity contribution >= 4 is 11.9 Å². The number of furan rings is 1. The van der Waals surface area contributed by atoms with Crippen molar-refractivity contribution in [3.63, 3.8) is 0 Å². The molecule has 8 heteroatoms. The zero-order valence-electron chi connectivity index (χ0n) is 18.3. The van der Waals surface area contributed by atoms with Gasteiger partial charge in [-0.1, -0.05) is 30.3 Å². The van der Waals surface area contributed by atoms with Crippen LogP contribution in [0.1, 0.15) is 35.3 Å². The highest BCUT2D eigenvalue weighted by molar-refractivity contribution is 5.92. The van der Waals surface area contributed by atoms with Crippen LogP contribution in [0.4, 0.5) is 0 Å². The SMILES string of the molecule is CCNC(=NCCCNC(=O)c1occc1C)N(C)Cc1ncc(-c2ccccc2)[nH]1. The van der Waals surface area contributed by atoms with Crippen LogP contribution in [0.5, 0.6) is 0 Å². The van der Waals surface area contributed by atoms with Crippen molar-refractivity contribution in [1.29, 1.82) is 0 Å². The summed E-state index contributed by atoms with van der Waals surface area (Å²) in [5.41, 5.74) is 2.93. The number of aryl methyl sites for hydroxylation is 1. The second-order valence-corrected chi connectivity index (χ2v) is 7.24. The number of aromatic amines is 1. The number of nitrogens with zero attached hydrogens (tertiary/aromatic N) is 3. The van der Waals surface area contributed by atoms with Gasteiger partial charge in [-0.25, -0.2) is 4.98 Å². The van der Waals surface area contributed by atoms with E-state index < -0.39 is 0 Å². The molecule has 0 aliphatic carbocycles. The van der Waals surface area contributed by atoms with Crippen LogP contribution in [0.15, 0.2) is 58.3 Å². The minimum absolute atomic E-state index is 0.192. The maximum atomic E-state index is 12.1. The maximum Gasteiger partial charge on any atom is 0.287 e. The summed E-state index contributed by atoms with van der Waals surface area (Å²) >= 11 is 0. The van der Waals surface area contributed by atoms with Gasteiger partial charge in [0.2, 0.25) is 0 Å². The van der Waals surface area contributed by atoms with Gasteiger partial charge in [0.15, 0.2) is 11.7 Å². The van der Waals surface area contributed by atoms with E-state index in [4.69, 9.17) is 4.42 Å². The summed E-state index contributed by atoms with van der Waals surface area (Å²) in [7, 11) is 1.98. The third kappa shape index (κ3) is 6.21. The molecule has 8 nitrogen and oxygen atoms in total. The van der Waals surface area contributed by atoms with Crippen molar-refractivity contribution in [3.05, 3.63) is 66.0 Å². The fourth-order valence-corrected chi connectivity index (χ4v) is 3.13. The number of hydrogen-bond donors (Lipinski definition) is 3. The summed E-state index contributed by atoms with van der Waals surface area (Å²) in [5.74, 6) is 1.84. The Labute approximate surface area is 182 Å². The number of benzene rings is 1. The molecule has 2 aromatic heterocycles. The summed E-state index contributed by atoms with van der Waals surface area (Å²) in [6.07, 6.45) is 4.11. The number of rotatable bonds is 9. The molecule has 0 radical (unpaired) electrons. The lowest BCUT2D eigenvalue weighted by Crippen LogP contribution is -2.39. The summed E-state index contributed by atoms with van der Waals surface area (Å²) in [6.45, 7) is 6.39. The maximum absolute atomic E-state index is 12.1. The van der Waals surface area contributed by atoms with E-state index >= 15 is 0 Å². The molecule has 0 spiro atoms. The first-order valence-electron chi connectivity index (χ1n) is 10.5. The predicted molar refractivity (Wildman–Crippen MR) is 122 cm³/mol. The molecule has 3 aromatic rings. The van der Waals surface area contributed by atoms with Crippen molar-refractivity contribution in [2.45, 2.75) is 26.8 Å². The lowest BCUT2D eigenvalue weighted by Gasteiger charge is -2.21. The third-order valence-electron chi connectivity index (χ3n) is 4.75. The highest BCUT2D eigenvalue weighted by Gasteiger charge is 2.12. The third-order valence-corrected chi connectivity index (χ3v) is 4.75. The molecular formula is C23H30N6O2. The van der Waals surface area contributed by atoms with Crippen molar-refractivity contribution in [2.75, 3.05) is 26.7 Å². The van der Waals surface area contributed by atoms with Crippen LogP contribution in [0.2, 0.25) is 0 Å². The number of hydrogen-bond acceptors (Lipinski definition) is 4. The van der Waals surface area contributed by atoms with Crippen molar-refractivity contribution in [2.24, 2.45) is 4.99 Å². The lowest BCUT2D eigenvalue weighted by molar-refractivity contribution is 0.0925. The Kier molecular flexibility index (Phi) is 7.86. The van der Waals surface area contributed by atoms with E-state index in [0.29, 0.717) is 25.4 Å². The Morgan fingerprint density at radius 2 is 2.03 bits per heavy atom. The first-order chi connectivity index (χ1) is 15.1. The molecule has 0 fully saturated rings. The largest absolute Gasteiger partial charge is 0.459 e. The number of guanidine groups is 1. The monoisotopic (exact) mass is 422 g/mol. The van der Waals surface area contributed by atoms with Gasteiger partial charge in [0.1, 0.15) is 5.82 Å². The topological polar surface area (TPSA) is 98.5 Å². The summed E-state index contributed by atoms with van der Waals surface area (Å²) in [4.78, 5) is 26.6. The molecule has 0 unspecified atom stereocenters. The van der Waals surface area contributed by atoms with E-state index in [1.54, 1.807) is 6.07 Å². The van der Waals surface area contributed by atoms with Crippen molar-refractivity contribution in [3.8, 4) is 11.3 Å². The van der Waals surface area contributed by atoms with Gasteiger partial charge in [-0.2, -0.15) is 0 Å². The first-order valence-corrected chi connectivity index (χ1v) is 10.5. The molecule has 3 N–H and O–H groups in total. The van der Waals surface area contributed by atoms with Crippen LogP contribution in [-0.2, 0) is 6.54 Å². The summed E-state index contributed by atoms with van der Waals surface area (Å²) < 4.78 is 5.21. The Morgan fingerprint density at radius 1 is 1.23 bits per heavy atom. The van der Waals surface area contributed by atoms with Gasteiger partial charge in [0.05, 0.1) is 24.7 Å². The smallest absolute Gasteiger partial charge is 0.287 e. The molecule has 0 bridgehead atoms. The standard InChI is InChI=1S/C23H30N6O2/c1-4-24-23(26-13-8-12-25-22(30)21-17(2)11-14-31-21)29(3)16-20-27-15-19(28-20)18-9-6-5-7-10-18/h5-7,9-11,14-15H,4,8,12-13,16H2,1-3H3,(H,24,26)(H,25,30)(H,27,28). The molecule has 2 heterocycles. The molecule has 0 atom stereocenters. The number of aromatic nitrogens is 2. The van der Waals surface area contributed by atoms with Crippen LogP contribution in [0.25, 0.3) is 11.3 Å². The quantitative estimate of drug-likeness (QED) is 0.279. The average Bonchev–Trinajstić information content (AvgIpc) is 3.42. The number of imidazole rings is 1. The predicted octanol–water partition coefficient (Wildman–Crippen LogP) is 3.20. The van der Waals surface area contributed by atoms with Crippen molar-refractivity contribution in [1.82, 2.24) is 25.5 Å². The summed E-state index contributed by atoms with van der Waals surface area (Å²) in [6, 6.07) is 11.9. The van der Waals surface area contributed by atoms with Crippen molar-refractivity contribution < 1.29 is 9.21 Å². The average molecular weight is 423 g/mol. The Balaban J connectivity index is 1.50. The number of carbonyl (C=O) groups excluding carboxylic acids is 1. The fraction of sp³-hybridized carbons (Fsp3) is 0.348. The van der Waals surface area contributed by atoms with Gasteiger partial charge in [-0.15, -0.1) is 0 Å². The Hall–Kier alpha value is -3.55. The number of carbonyl (C=O) groups is 1. The molecule has 1 aromatic carbocycles. The van der Waals surface area contributed by atoms with E-state index in [1.165, 1.54) is 6.26 Å². The molecule has 0 saturated heterocycles. The van der Waals surface area contributed by atoms with E-state index in [-0.39, 0.29) is 5.91 Å². The lowest BCUT2D eigenvalue weighted by atomic mass is 10.2. The molecule has 0 aliphatic heterocycles. The molecule has 1 amide bonds. The number of nitrogens with one attached hydrogen (secondary N) is 3. The molecule has 0 saturated carbocycles. The van der Waals surface area contributed by atoms with Gasteiger partial charge < -0.3 is 24.9 Å². The normalized spacial score (nSPS) is 11.4. The fourth-order valence-electron chi connectivity index (χ4n) is 3.13. The van der Waals surface area contributed by atoms with E-state index in [9.17, 15) is 4.79 Å². The zero-order chi connectivity index (χ0) is 22.1. The second-order valence-electron chi connectivity index (χ2n) is 7.24. The van der Waals surface area contributed by atoms with Gasteiger partial charge in [0.25, 0.3) is 5.91 Å². The molecule has 3 rings (SSSR count). The number of aliphatic imine (C=N–C) groups is 1. The van der Waals surface area contributed by atoms with Crippen LogP contribution in [-0.4, -0.2) is 53.4 Å². The van der Waals surface area contributed by atoms with E-state index in [0.717, 1.165) is 41.6 Å². The second kappa shape index (κ2) is 11.0. The highest BCUT2D eigenvalue weighted by atomic mass is 16.3. The highest BCUT2D eigenvalue weighted by Crippen LogP contribution is 2.16. The van der Waals surface area contributed by atoms with E-state index in [2.05, 4.69) is 37.7 Å². The van der Waals surface area contributed by atoms with Gasteiger partial charge in [0, 0.05) is 32.2 Å². The summed E-state index contributed by atoms with van der Waals surface area (Å²) in [5, 5.41) is 6.17. The van der Waals surface area contributed by atoms with Crippen LogP contribution in [0.3, 0.4) is 0 Å². The van der Waals surface area contributed by atoms with Crippen LogP contribution < -0.4 is 10.6 Å². The molecule has 164 valence electrons. The molecular weight excluding hydrogens is 392 g/mol. The number of amides is 1.